The Bertz CT molecular complexity index is 1090. The zero-order chi connectivity index (χ0) is 24.1. The van der Waals surface area contributed by atoms with Gasteiger partial charge in [-0.15, -0.1) is 0 Å². The van der Waals surface area contributed by atoms with E-state index in [0.717, 1.165) is 10.7 Å². The van der Waals surface area contributed by atoms with Gasteiger partial charge >= 0.3 is 0 Å². The first-order valence-electron chi connectivity index (χ1n) is 10.8. The minimum absolute atomic E-state index is 0.0118. The van der Waals surface area contributed by atoms with Crippen molar-refractivity contribution in [2.75, 3.05) is 6.61 Å². The van der Waals surface area contributed by atoms with Crippen molar-refractivity contribution in [3.05, 3.63) is 62.7 Å². The number of carbonyl (C=O) groups excluding carboxylic acids is 1. The maximum atomic E-state index is 13.5. The highest BCUT2D eigenvalue weighted by molar-refractivity contribution is 9.10. The van der Waals surface area contributed by atoms with Crippen molar-refractivity contribution in [1.29, 1.82) is 0 Å². The molecule has 0 radical (unpaired) electrons. The smallest absolute Gasteiger partial charge is 0.266 e. The Labute approximate surface area is 207 Å². The first kappa shape index (κ1) is 25.3. The second-order valence-electron chi connectivity index (χ2n) is 8.07. The molecule has 0 bridgehead atoms. The third kappa shape index (κ3) is 6.38. The number of aliphatic imine (C=N–C) groups is 1. The molecule has 8 heteroatoms. The molecule has 0 saturated carbocycles. The van der Waals surface area contributed by atoms with Crippen molar-refractivity contribution in [3.8, 4) is 11.5 Å². The van der Waals surface area contributed by atoms with Gasteiger partial charge in [-0.1, -0.05) is 12.1 Å². The van der Waals surface area contributed by atoms with Crippen molar-refractivity contribution in [2.24, 2.45) is 4.99 Å². The van der Waals surface area contributed by atoms with Crippen LogP contribution >= 0.6 is 27.7 Å². The van der Waals surface area contributed by atoms with Crippen LogP contribution in [0.5, 0.6) is 11.5 Å². The van der Waals surface area contributed by atoms with E-state index in [1.54, 1.807) is 17.0 Å². The molecule has 1 heterocycles. The number of ether oxygens (including phenoxy) is 2. The number of nitrogens with zero attached hydrogens (tertiary/aromatic N) is 2. The van der Waals surface area contributed by atoms with E-state index in [9.17, 15) is 9.18 Å². The monoisotopic (exact) mass is 534 g/mol. The lowest BCUT2D eigenvalue weighted by molar-refractivity contribution is -0.123. The third-order valence-corrected chi connectivity index (χ3v) is 6.21. The van der Waals surface area contributed by atoms with Crippen LogP contribution in [-0.2, 0) is 11.4 Å². The summed E-state index contributed by atoms with van der Waals surface area (Å²) in [7, 11) is 0. The van der Waals surface area contributed by atoms with E-state index in [1.807, 2.05) is 52.8 Å². The maximum absolute atomic E-state index is 13.5. The van der Waals surface area contributed by atoms with Gasteiger partial charge < -0.3 is 9.47 Å². The van der Waals surface area contributed by atoms with Crippen molar-refractivity contribution in [2.45, 2.75) is 53.3 Å². The molecule has 5 nitrogen and oxygen atoms in total. The molecule has 2 aromatic rings. The van der Waals surface area contributed by atoms with Crippen LogP contribution in [0.3, 0.4) is 0 Å². The van der Waals surface area contributed by atoms with Gasteiger partial charge in [-0.3, -0.25) is 14.7 Å². The van der Waals surface area contributed by atoms with E-state index < -0.39 is 0 Å². The molecule has 0 aromatic heterocycles. The average Bonchev–Trinajstić information content (AvgIpc) is 3.01. The Morgan fingerprint density at radius 2 is 1.94 bits per heavy atom. The van der Waals surface area contributed by atoms with E-state index in [-0.39, 0.29) is 30.4 Å². The van der Waals surface area contributed by atoms with Crippen molar-refractivity contribution in [3.63, 3.8) is 0 Å². The third-order valence-electron chi connectivity index (χ3n) is 4.62. The predicted molar refractivity (Wildman–Crippen MR) is 136 cm³/mol. The van der Waals surface area contributed by atoms with Crippen molar-refractivity contribution >= 4 is 44.8 Å². The fraction of sp³-hybridized carbons (Fsp3) is 0.360. The van der Waals surface area contributed by atoms with E-state index >= 15 is 0 Å². The summed E-state index contributed by atoms with van der Waals surface area (Å²) in [5.74, 6) is 0.702. The second-order valence-corrected chi connectivity index (χ2v) is 9.93. The molecule has 0 atom stereocenters. The molecule has 0 unspecified atom stereocenters. The Morgan fingerprint density at radius 3 is 2.58 bits per heavy atom. The fourth-order valence-electron chi connectivity index (χ4n) is 3.26. The number of carbonyl (C=O) groups is 1. The standard InChI is InChI=1S/C25H28BrFN2O3S/c1-6-31-21-12-18(11-20(26)23(21)32-14-17-8-7-9-19(27)10-17)13-22-24(30)29(16(4)5)25(33-22)28-15(2)3/h7-13,15-16H,6,14H2,1-5H3/b22-13+,28-25?. The number of amidine groups is 1. The van der Waals surface area contributed by atoms with E-state index in [0.29, 0.717) is 33.0 Å². The summed E-state index contributed by atoms with van der Waals surface area (Å²) in [6.45, 7) is 10.5. The molecule has 1 saturated heterocycles. The Morgan fingerprint density at radius 1 is 1.18 bits per heavy atom. The molecule has 2 aromatic carbocycles. The molecular weight excluding hydrogens is 507 g/mol. The molecule has 3 rings (SSSR count). The fourth-order valence-corrected chi connectivity index (χ4v) is 5.07. The van der Waals surface area contributed by atoms with Gasteiger partial charge in [0.25, 0.3) is 5.91 Å². The number of hydrogen-bond donors (Lipinski definition) is 0. The van der Waals surface area contributed by atoms with Crippen LogP contribution in [-0.4, -0.2) is 34.7 Å². The van der Waals surface area contributed by atoms with Gasteiger partial charge in [0.15, 0.2) is 16.7 Å². The predicted octanol–water partition coefficient (Wildman–Crippen LogP) is 6.66. The average molecular weight is 535 g/mol. The Kier molecular flexibility index (Phi) is 8.59. The summed E-state index contributed by atoms with van der Waals surface area (Å²) < 4.78 is 25.9. The molecule has 0 N–H and O–H groups in total. The molecular formula is C25H28BrFN2O3S. The molecule has 1 aliphatic rings. The van der Waals surface area contributed by atoms with Crippen molar-refractivity contribution in [1.82, 2.24) is 4.90 Å². The highest BCUT2D eigenvalue weighted by Crippen LogP contribution is 2.40. The largest absolute Gasteiger partial charge is 0.490 e. The molecule has 0 spiro atoms. The lowest BCUT2D eigenvalue weighted by Crippen LogP contribution is -2.35. The summed E-state index contributed by atoms with van der Waals surface area (Å²) in [5, 5.41) is 0.718. The zero-order valence-corrected chi connectivity index (χ0v) is 21.8. The molecule has 0 aliphatic carbocycles. The number of amides is 1. The second kappa shape index (κ2) is 11.2. The Hall–Kier alpha value is -2.32. The molecule has 1 fully saturated rings. The van der Waals surface area contributed by atoms with Crippen LogP contribution in [0.1, 0.15) is 45.7 Å². The van der Waals surface area contributed by atoms with Gasteiger partial charge in [0.2, 0.25) is 0 Å². The van der Waals surface area contributed by atoms with Crippen LogP contribution in [0.25, 0.3) is 6.08 Å². The number of halogens is 2. The molecule has 1 aliphatic heterocycles. The summed E-state index contributed by atoms with van der Waals surface area (Å²) in [4.78, 5) is 20.0. The lowest BCUT2D eigenvalue weighted by atomic mass is 10.1. The molecule has 176 valence electrons. The van der Waals surface area contributed by atoms with Crippen molar-refractivity contribution < 1.29 is 18.7 Å². The van der Waals surface area contributed by atoms with E-state index in [4.69, 9.17) is 9.47 Å². The van der Waals surface area contributed by atoms with Gasteiger partial charge in [-0.2, -0.15) is 0 Å². The van der Waals surface area contributed by atoms with Gasteiger partial charge in [0.1, 0.15) is 12.4 Å². The first-order chi connectivity index (χ1) is 15.7. The summed E-state index contributed by atoms with van der Waals surface area (Å²) in [6, 6.07) is 10.1. The van der Waals surface area contributed by atoms with Gasteiger partial charge in [-0.25, -0.2) is 4.39 Å². The molecule has 33 heavy (non-hydrogen) atoms. The lowest BCUT2D eigenvalue weighted by Gasteiger charge is -2.20. The number of thioether (sulfide) groups is 1. The quantitative estimate of drug-likeness (QED) is 0.355. The topological polar surface area (TPSA) is 51.1 Å². The first-order valence-corrected chi connectivity index (χ1v) is 12.4. The van der Waals surface area contributed by atoms with E-state index in [1.165, 1.54) is 23.9 Å². The highest BCUT2D eigenvalue weighted by atomic mass is 79.9. The number of benzene rings is 2. The summed E-state index contributed by atoms with van der Waals surface area (Å²) in [5.41, 5.74) is 1.52. The Balaban J connectivity index is 1.91. The van der Waals surface area contributed by atoms with Gasteiger partial charge in [0, 0.05) is 12.1 Å². The zero-order valence-electron chi connectivity index (χ0n) is 19.4. The summed E-state index contributed by atoms with van der Waals surface area (Å²) in [6.07, 6.45) is 1.84. The maximum Gasteiger partial charge on any atom is 0.266 e. The van der Waals surface area contributed by atoms with Gasteiger partial charge in [0.05, 0.1) is 16.0 Å². The number of rotatable bonds is 8. The van der Waals surface area contributed by atoms with Crippen LogP contribution in [0.2, 0.25) is 0 Å². The van der Waals surface area contributed by atoms with Crippen LogP contribution < -0.4 is 9.47 Å². The normalized spacial score (nSPS) is 16.5. The van der Waals surface area contributed by atoms with E-state index in [2.05, 4.69) is 20.9 Å². The minimum Gasteiger partial charge on any atom is -0.490 e. The molecule has 1 amide bonds. The summed E-state index contributed by atoms with van der Waals surface area (Å²) >= 11 is 4.95. The number of hydrogen-bond acceptors (Lipinski definition) is 5. The minimum atomic E-state index is -0.309. The van der Waals surface area contributed by atoms with Crippen LogP contribution in [0, 0.1) is 5.82 Å². The SMILES string of the molecule is CCOc1cc(/C=C2/SC(=NC(C)C)N(C(C)C)C2=O)cc(Br)c1OCc1cccc(F)c1. The van der Waals surface area contributed by atoms with Crippen LogP contribution in [0.4, 0.5) is 4.39 Å². The van der Waals surface area contributed by atoms with Crippen LogP contribution in [0.15, 0.2) is 50.8 Å². The van der Waals surface area contributed by atoms with Gasteiger partial charge in [-0.05, 0) is 104 Å². The highest BCUT2D eigenvalue weighted by Gasteiger charge is 2.35.